The molecule has 1 aromatic carbocycles. The molecule has 0 radical (unpaired) electrons. The summed E-state index contributed by atoms with van der Waals surface area (Å²) in [4.78, 5) is 36.4. The third-order valence-corrected chi connectivity index (χ3v) is 6.73. The topological polar surface area (TPSA) is 75.1 Å². The fourth-order valence-electron chi connectivity index (χ4n) is 5.06. The first-order valence-corrected chi connectivity index (χ1v) is 12.3. The van der Waals surface area contributed by atoms with Crippen LogP contribution in [0.1, 0.15) is 76.8 Å². The highest BCUT2D eigenvalue weighted by Gasteiger charge is 2.33. The highest BCUT2D eigenvalue weighted by atomic mass is 16.2. The van der Waals surface area contributed by atoms with Gasteiger partial charge in [0.15, 0.2) is 0 Å². The zero-order valence-electron chi connectivity index (χ0n) is 20.1. The Kier molecular flexibility index (Phi) is 6.52. The Hall–Kier alpha value is -3.35. The standard InChI is InChI=1S/C27H32N6O/c1-19-8-6-9-21(14-19)16-22-17-28-18-24(30-22)25-10-7-13-33(25)26(34)23-15-20(2)29-27(31-23)32-11-4-3-5-12-32/h6,8-9,14-15,17-18,25H,3-5,7,10-13,16H2,1-2H3/t25-/m1/s1. The number of amides is 1. The molecule has 7 nitrogen and oxygen atoms in total. The number of rotatable bonds is 5. The number of aromatic nitrogens is 4. The largest absolute Gasteiger partial charge is 0.341 e. The van der Waals surface area contributed by atoms with Gasteiger partial charge in [-0.2, -0.15) is 0 Å². The molecule has 2 fully saturated rings. The summed E-state index contributed by atoms with van der Waals surface area (Å²) in [6.07, 6.45) is 9.73. The number of carbonyl (C=O) groups excluding carboxylic acids is 1. The van der Waals surface area contributed by atoms with E-state index in [1.165, 1.54) is 17.5 Å². The van der Waals surface area contributed by atoms with Gasteiger partial charge in [0, 0.05) is 37.9 Å². The number of hydrogen-bond donors (Lipinski definition) is 0. The van der Waals surface area contributed by atoms with Gasteiger partial charge < -0.3 is 9.80 Å². The number of piperidine rings is 1. The van der Waals surface area contributed by atoms with Gasteiger partial charge in [-0.25, -0.2) is 9.97 Å². The molecule has 0 bridgehead atoms. The summed E-state index contributed by atoms with van der Waals surface area (Å²) in [7, 11) is 0. The van der Waals surface area contributed by atoms with E-state index in [0.717, 1.165) is 62.3 Å². The van der Waals surface area contributed by atoms with Gasteiger partial charge in [0.2, 0.25) is 5.95 Å². The highest BCUT2D eigenvalue weighted by molar-refractivity contribution is 5.93. The molecule has 0 aliphatic carbocycles. The zero-order valence-corrected chi connectivity index (χ0v) is 20.1. The van der Waals surface area contributed by atoms with E-state index >= 15 is 0 Å². The van der Waals surface area contributed by atoms with Crippen molar-refractivity contribution in [3.63, 3.8) is 0 Å². The van der Waals surface area contributed by atoms with Gasteiger partial charge in [0.05, 0.1) is 23.6 Å². The van der Waals surface area contributed by atoms with Crippen molar-refractivity contribution in [2.75, 3.05) is 24.5 Å². The minimum atomic E-state index is -0.0776. The Balaban J connectivity index is 1.37. The second kappa shape index (κ2) is 9.87. The smallest absolute Gasteiger partial charge is 0.273 e. The maximum Gasteiger partial charge on any atom is 0.273 e. The average molecular weight is 457 g/mol. The zero-order chi connectivity index (χ0) is 23.5. The Bertz CT molecular complexity index is 1170. The molecule has 0 unspecified atom stereocenters. The van der Waals surface area contributed by atoms with E-state index in [2.05, 4.69) is 46.1 Å². The molecule has 3 aromatic rings. The molecule has 4 heterocycles. The molecule has 176 valence electrons. The van der Waals surface area contributed by atoms with Crippen LogP contribution in [0.2, 0.25) is 0 Å². The molecule has 2 saturated heterocycles. The third kappa shape index (κ3) is 4.93. The Labute approximate surface area is 201 Å². The highest BCUT2D eigenvalue weighted by Crippen LogP contribution is 2.32. The Morgan fingerprint density at radius 3 is 2.65 bits per heavy atom. The van der Waals surface area contributed by atoms with Gasteiger partial charge in [-0.3, -0.25) is 14.8 Å². The first-order chi connectivity index (χ1) is 16.6. The third-order valence-electron chi connectivity index (χ3n) is 6.73. The van der Waals surface area contributed by atoms with Crippen molar-refractivity contribution in [3.8, 4) is 0 Å². The fraction of sp³-hybridized carbons (Fsp3) is 0.444. The minimum absolute atomic E-state index is 0.0443. The molecule has 0 N–H and O–H groups in total. The van der Waals surface area contributed by atoms with Crippen LogP contribution >= 0.6 is 0 Å². The lowest BCUT2D eigenvalue weighted by atomic mass is 10.1. The molecule has 1 atom stereocenters. The van der Waals surface area contributed by atoms with Crippen molar-refractivity contribution in [1.82, 2.24) is 24.8 Å². The molecule has 2 aliphatic heterocycles. The summed E-state index contributed by atoms with van der Waals surface area (Å²) in [5.41, 5.74) is 5.54. The molecule has 2 aliphatic rings. The summed E-state index contributed by atoms with van der Waals surface area (Å²) in [5, 5.41) is 0. The van der Waals surface area contributed by atoms with E-state index in [0.29, 0.717) is 18.2 Å². The van der Waals surface area contributed by atoms with Crippen LogP contribution in [0.4, 0.5) is 5.95 Å². The molecular weight excluding hydrogens is 424 g/mol. The lowest BCUT2D eigenvalue weighted by Gasteiger charge is -2.28. The van der Waals surface area contributed by atoms with E-state index in [1.807, 2.05) is 24.1 Å². The van der Waals surface area contributed by atoms with Gasteiger partial charge in [-0.05, 0) is 57.6 Å². The molecule has 1 amide bonds. The molecular formula is C27H32N6O. The van der Waals surface area contributed by atoms with Gasteiger partial charge in [0.25, 0.3) is 5.91 Å². The lowest BCUT2D eigenvalue weighted by Crippen LogP contribution is -2.34. The summed E-state index contributed by atoms with van der Waals surface area (Å²) in [6.45, 7) is 6.64. The molecule has 7 heteroatoms. The number of anilines is 1. The van der Waals surface area contributed by atoms with Crippen molar-refractivity contribution in [1.29, 1.82) is 0 Å². The van der Waals surface area contributed by atoms with E-state index in [1.54, 1.807) is 6.20 Å². The quantitative estimate of drug-likeness (QED) is 0.565. The molecule has 0 spiro atoms. The number of likely N-dealkylation sites (tertiary alicyclic amines) is 1. The van der Waals surface area contributed by atoms with Crippen molar-refractivity contribution in [2.24, 2.45) is 0 Å². The molecule has 0 saturated carbocycles. The van der Waals surface area contributed by atoms with E-state index < -0.39 is 0 Å². The number of hydrogen-bond acceptors (Lipinski definition) is 6. The predicted molar refractivity (Wildman–Crippen MR) is 132 cm³/mol. The summed E-state index contributed by atoms with van der Waals surface area (Å²) in [5.74, 6) is 0.635. The number of carbonyl (C=O) groups is 1. The molecule has 5 rings (SSSR count). The predicted octanol–water partition coefficient (Wildman–Crippen LogP) is 4.44. The van der Waals surface area contributed by atoms with Crippen LogP contribution in [0, 0.1) is 13.8 Å². The van der Waals surface area contributed by atoms with Gasteiger partial charge in [-0.15, -0.1) is 0 Å². The maximum absolute atomic E-state index is 13.6. The fourth-order valence-corrected chi connectivity index (χ4v) is 5.06. The van der Waals surface area contributed by atoms with Crippen molar-refractivity contribution in [2.45, 2.75) is 58.4 Å². The van der Waals surface area contributed by atoms with Crippen molar-refractivity contribution >= 4 is 11.9 Å². The summed E-state index contributed by atoms with van der Waals surface area (Å²) in [6, 6.07) is 10.2. The van der Waals surface area contributed by atoms with Crippen LogP contribution in [0.3, 0.4) is 0 Å². The lowest BCUT2D eigenvalue weighted by molar-refractivity contribution is 0.0726. The first kappa shape index (κ1) is 22.4. The second-order valence-corrected chi connectivity index (χ2v) is 9.50. The Morgan fingerprint density at radius 2 is 1.82 bits per heavy atom. The SMILES string of the molecule is Cc1cccc(Cc2cncc([C@H]3CCCN3C(=O)c3cc(C)nc(N4CCCCC4)n3)n2)c1. The number of nitrogens with zero attached hydrogens (tertiary/aromatic N) is 6. The molecule has 2 aromatic heterocycles. The van der Waals surface area contributed by atoms with E-state index in [-0.39, 0.29) is 11.9 Å². The van der Waals surface area contributed by atoms with E-state index in [9.17, 15) is 4.79 Å². The van der Waals surface area contributed by atoms with Crippen LogP contribution in [-0.4, -0.2) is 50.4 Å². The normalized spacial score (nSPS) is 18.4. The first-order valence-electron chi connectivity index (χ1n) is 12.3. The van der Waals surface area contributed by atoms with Gasteiger partial charge in [0.1, 0.15) is 5.69 Å². The van der Waals surface area contributed by atoms with Crippen LogP contribution in [0.5, 0.6) is 0 Å². The van der Waals surface area contributed by atoms with E-state index in [4.69, 9.17) is 9.97 Å². The Morgan fingerprint density at radius 1 is 0.971 bits per heavy atom. The van der Waals surface area contributed by atoms with Crippen molar-refractivity contribution in [3.05, 3.63) is 76.6 Å². The monoisotopic (exact) mass is 456 g/mol. The maximum atomic E-state index is 13.6. The van der Waals surface area contributed by atoms with Crippen LogP contribution in [-0.2, 0) is 6.42 Å². The van der Waals surface area contributed by atoms with Crippen LogP contribution < -0.4 is 4.90 Å². The average Bonchev–Trinajstić information content (AvgIpc) is 3.34. The summed E-state index contributed by atoms with van der Waals surface area (Å²) < 4.78 is 0. The van der Waals surface area contributed by atoms with Crippen molar-refractivity contribution < 1.29 is 4.79 Å². The number of benzene rings is 1. The summed E-state index contributed by atoms with van der Waals surface area (Å²) >= 11 is 0. The number of aryl methyl sites for hydroxylation is 2. The minimum Gasteiger partial charge on any atom is -0.341 e. The second-order valence-electron chi connectivity index (χ2n) is 9.50. The van der Waals surface area contributed by atoms with Gasteiger partial charge in [-0.1, -0.05) is 29.8 Å². The van der Waals surface area contributed by atoms with Gasteiger partial charge >= 0.3 is 0 Å². The van der Waals surface area contributed by atoms with Crippen LogP contribution in [0.15, 0.2) is 42.7 Å². The molecule has 34 heavy (non-hydrogen) atoms. The van der Waals surface area contributed by atoms with Crippen LogP contribution in [0.25, 0.3) is 0 Å².